The lowest BCUT2D eigenvalue weighted by Crippen LogP contribution is -2.57. The molecule has 4 bridgehead atoms. The summed E-state index contributed by atoms with van der Waals surface area (Å²) in [5, 5.41) is 8.35. The Balaban J connectivity index is 0.000000144. The van der Waals surface area contributed by atoms with Crippen LogP contribution in [-0.2, 0) is 0 Å². The van der Waals surface area contributed by atoms with Crippen LogP contribution in [0.2, 0.25) is 0 Å². The molecule has 6 saturated heterocycles. The van der Waals surface area contributed by atoms with Gasteiger partial charge in [-0.3, -0.25) is 9.59 Å². The molecule has 41 heavy (non-hydrogen) atoms. The zero-order valence-electron chi connectivity index (χ0n) is 22.8. The molecule has 6 aliphatic heterocycles. The average Bonchev–Trinajstić information content (AvgIpc) is 3.64. The van der Waals surface area contributed by atoms with Gasteiger partial charge in [-0.1, -0.05) is 36.4 Å². The summed E-state index contributed by atoms with van der Waals surface area (Å²) >= 11 is 2.80. The Morgan fingerprint density at radius 3 is 1.41 bits per heavy atom. The van der Waals surface area contributed by atoms with E-state index in [0.29, 0.717) is 35.3 Å². The lowest BCUT2D eigenvalue weighted by atomic mass is 9.84. The standard InChI is InChI=1S/2C15H17N3OS.ClH/c2*19-15(14-11-3-1-2-4-13(11)20-17-14)16-12-9-18-7-5-10(12)6-8-18;/h2*1-4,10,12H,5-9H2,(H,16,19);1H/t2*12-;/m00./s1. The van der Waals surface area contributed by atoms with E-state index in [1.54, 1.807) is 0 Å². The molecule has 2 aromatic heterocycles. The molecule has 2 amide bonds. The number of fused-ring (bicyclic) bond motifs is 8. The van der Waals surface area contributed by atoms with Gasteiger partial charge in [0.1, 0.15) is 11.4 Å². The predicted octanol–water partition coefficient (Wildman–Crippen LogP) is 4.66. The van der Waals surface area contributed by atoms with Crippen LogP contribution in [0.15, 0.2) is 48.5 Å². The van der Waals surface area contributed by atoms with Crippen LogP contribution in [0, 0.1) is 11.8 Å². The summed E-state index contributed by atoms with van der Waals surface area (Å²) in [7, 11) is 0. The minimum Gasteiger partial charge on any atom is -0.346 e. The second-order valence-electron chi connectivity index (χ2n) is 11.5. The summed E-state index contributed by atoms with van der Waals surface area (Å²) in [4.78, 5) is 29.9. The molecular formula is C30H35ClN6O2S2. The molecule has 2 atom stereocenters. The van der Waals surface area contributed by atoms with Gasteiger partial charge in [-0.25, -0.2) is 0 Å². The van der Waals surface area contributed by atoms with Gasteiger partial charge in [-0.15, -0.1) is 12.4 Å². The number of halogens is 1. The fourth-order valence-electron chi connectivity index (χ4n) is 6.83. The first-order valence-corrected chi connectivity index (χ1v) is 15.9. The van der Waals surface area contributed by atoms with Crippen molar-refractivity contribution in [2.24, 2.45) is 11.8 Å². The van der Waals surface area contributed by atoms with Crippen LogP contribution in [0.1, 0.15) is 46.7 Å². The van der Waals surface area contributed by atoms with Crippen LogP contribution >= 0.6 is 35.5 Å². The molecule has 4 aromatic rings. The molecule has 11 heteroatoms. The van der Waals surface area contributed by atoms with E-state index in [0.717, 1.165) is 33.3 Å². The molecule has 8 nitrogen and oxygen atoms in total. The fourth-order valence-corrected chi connectivity index (χ4v) is 8.38. The fraction of sp³-hybridized carbons (Fsp3) is 0.467. The van der Waals surface area contributed by atoms with Gasteiger partial charge in [0.05, 0.1) is 9.40 Å². The molecule has 6 aliphatic rings. The van der Waals surface area contributed by atoms with Gasteiger partial charge in [-0.2, -0.15) is 8.75 Å². The van der Waals surface area contributed by atoms with E-state index in [-0.39, 0.29) is 24.2 Å². The lowest BCUT2D eigenvalue weighted by molar-refractivity contribution is 0.0616. The van der Waals surface area contributed by atoms with E-state index in [1.807, 2.05) is 48.5 Å². The maximum Gasteiger partial charge on any atom is 0.271 e. The first-order chi connectivity index (χ1) is 19.6. The Labute approximate surface area is 254 Å². The van der Waals surface area contributed by atoms with Crippen molar-refractivity contribution in [3.05, 3.63) is 59.9 Å². The van der Waals surface area contributed by atoms with Crippen LogP contribution < -0.4 is 10.6 Å². The Hall–Kier alpha value is -2.63. The number of aromatic nitrogens is 2. The predicted molar refractivity (Wildman–Crippen MR) is 167 cm³/mol. The van der Waals surface area contributed by atoms with Crippen LogP contribution in [0.3, 0.4) is 0 Å². The summed E-state index contributed by atoms with van der Waals surface area (Å²) in [6.07, 6.45) is 4.84. The molecule has 2 N–H and O–H groups in total. The molecule has 216 valence electrons. The Morgan fingerprint density at radius 2 is 1.05 bits per heavy atom. The average molecular weight is 611 g/mol. The molecule has 0 unspecified atom stereocenters. The molecule has 0 radical (unpaired) electrons. The summed E-state index contributed by atoms with van der Waals surface area (Å²) in [6, 6.07) is 16.5. The molecule has 6 fully saturated rings. The molecular weight excluding hydrogens is 576 g/mol. The van der Waals surface area contributed by atoms with Crippen LogP contribution in [0.5, 0.6) is 0 Å². The van der Waals surface area contributed by atoms with E-state index in [4.69, 9.17) is 0 Å². The summed E-state index contributed by atoms with van der Waals surface area (Å²) in [6.45, 7) is 6.76. The van der Waals surface area contributed by atoms with E-state index in [1.165, 1.54) is 74.9 Å². The Morgan fingerprint density at radius 1 is 0.659 bits per heavy atom. The Kier molecular flexibility index (Phi) is 8.55. The summed E-state index contributed by atoms with van der Waals surface area (Å²) < 4.78 is 10.8. The van der Waals surface area contributed by atoms with Crippen molar-refractivity contribution in [3.63, 3.8) is 0 Å². The van der Waals surface area contributed by atoms with E-state index < -0.39 is 0 Å². The maximum atomic E-state index is 12.5. The summed E-state index contributed by atoms with van der Waals surface area (Å²) in [5.41, 5.74) is 1.17. The van der Waals surface area contributed by atoms with E-state index in [2.05, 4.69) is 29.2 Å². The third-order valence-electron chi connectivity index (χ3n) is 9.13. The number of hydrogen-bond donors (Lipinski definition) is 2. The number of carbonyl (C=O) groups excluding carboxylic acids is 2. The zero-order chi connectivity index (χ0) is 27.1. The molecule has 2 aromatic carbocycles. The van der Waals surface area contributed by atoms with Gasteiger partial charge in [-0.05, 0) is 98.9 Å². The summed E-state index contributed by atoms with van der Waals surface area (Å²) in [5.74, 6) is 1.27. The molecule has 10 rings (SSSR count). The normalized spacial score (nSPS) is 28.0. The second-order valence-corrected chi connectivity index (χ2v) is 13.1. The number of nitrogens with one attached hydrogen (secondary N) is 2. The molecule has 8 heterocycles. The highest BCUT2D eigenvalue weighted by Crippen LogP contribution is 2.30. The van der Waals surface area contributed by atoms with E-state index >= 15 is 0 Å². The number of benzene rings is 2. The molecule has 0 saturated carbocycles. The zero-order valence-corrected chi connectivity index (χ0v) is 25.3. The lowest BCUT2D eigenvalue weighted by Gasteiger charge is -2.44. The van der Waals surface area contributed by atoms with Crippen molar-refractivity contribution in [1.29, 1.82) is 0 Å². The topological polar surface area (TPSA) is 90.5 Å². The number of hydrogen-bond acceptors (Lipinski definition) is 8. The van der Waals surface area contributed by atoms with Gasteiger partial charge in [0.25, 0.3) is 11.8 Å². The quantitative estimate of drug-likeness (QED) is 0.349. The number of amides is 2. The number of rotatable bonds is 4. The third kappa shape index (κ3) is 5.85. The van der Waals surface area contributed by atoms with Gasteiger partial charge in [0.2, 0.25) is 0 Å². The molecule has 0 spiro atoms. The first kappa shape index (κ1) is 28.5. The minimum atomic E-state index is -0.0128. The van der Waals surface area contributed by atoms with Crippen molar-refractivity contribution in [1.82, 2.24) is 29.2 Å². The highest BCUT2D eigenvalue weighted by molar-refractivity contribution is 7.13. The SMILES string of the molecule is Cl.O=C(N[C@H]1CN2CCC1CC2)c1nsc2ccccc12.O=C(N[C@H]1CN2CCC1CC2)c1nsc2ccccc12. The third-order valence-corrected chi connectivity index (χ3v) is 10.8. The largest absolute Gasteiger partial charge is 0.346 e. The van der Waals surface area contributed by atoms with Crippen LogP contribution in [-0.4, -0.2) is 81.7 Å². The van der Waals surface area contributed by atoms with E-state index in [9.17, 15) is 9.59 Å². The Bertz CT molecular complexity index is 1410. The first-order valence-electron chi connectivity index (χ1n) is 14.4. The highest BCUT2D eigenvalue weighted by atomic mass is 35.5. The van der Waals surface area contributed by atoms with Crippen molar-refractivity contribution in [2.75, 3.05) is 39.3 Å². The van der Waals surface area contributed by atoms with Crippen LogP contribution in [0.25, 0.3) is 20.2 Å². The second kappa shape index (κ2) is 12.3. The van der Waals surface area contributed by atoms with Crippen molar-refractivity contribution in [2.45, 2.75) is 37.8 Å². The smallest absolute Gasteiger partial charge is 0.271 e. The maximum absolute atomic E-state index is 12.5. The van der Waals surface area contributed by atoms with Crippen molar-refractivity contribution < 1.29 is 9.59 Å². The number of piperidine rings is 6. The van der Waals surface area contributed by atoms with Gasteiger partial charge in [0, 0.05) is 35.9 Å². The number of carbonyl (C=O) groups is 2. The van der Waals surface area contributed by atoms with Crippen molar-refractivity contribution >= 4 is 67.5 Å². The monoisotopic (exact) mass is 610 g/mol. The minimum absolute atomic E-state index is 0. The van der Waals surface area contributed by atoms with Crippen LogP contribution in [0.4, 0.5) is 0 Å². The van der Waals surface area contributed by atoms with Crippen molar-refractivity contribution in [3.8, 4) is 0 Å². The van der Waals surface area contributed by atoms with Gasteiger partial charge in [0.15, 0.2) is 0 Å². The van der Waals surface area contributed by atoms with Gasteiger partial charge < -0.3 is 20.4 Å². The molecule has 0 aliphatic carbocycles. The van der Waals surface area contributed by atoms with Gasteiger partial charge >= 0.3 is 0 Å². The number of nitrogens with zero attached hydrogens (tertiary/aromatic N) is 4. The highest BCUT2D eigenvalue weighted by Gasteiger charge is 2.36.